The van der Waals surface area contributed by atoms with E-state index in [0.717, 1.165) is 18.4 Å². The molecule has 3 rings (SSSR count). The minimum Gasteiger partial charge on any atom is -0.328 e. The van der Waals surface area contributed by atoms with Gasteiger partial charge in [0, 0.05) is 6.04 Å². The molecule has 0 aromatic heterocycles. The lowest BCUT2D eigenvalue weighted by Crippen LogP contribution is -2.41. The molecule has 114 valence electrons. The van der Waals surface area contributed by atoms with Crippen molar-refractivity contribution in [3.8, 4) is 0 Å². The van der Waals surface area contributed by atoms with Crippen LogP contribution in [-0.4, -0.2) is 22.0 Å². The van der Waals surface area contributed by atoms with Crippen molar-refractivity contribution in [3.05, 3.63) is 53.7 Å². The second-order valence-electron chi connectivity index (χ2n) is 5.75. The van der Waals surface area contributed by atoms with Gasteiger partial charge in [-0.2, -0.15) is 0 Å². The van der Waals surface area contributed by atoms with E-state index in [9.17, 15) is 4.79 Å². The average molecular weight is 312 g/mol. The summed E-state index contributed by atoms with van der Waals surface area (Å²) in [7, 11) is 0. The Kier molecular flexibility index (Phi) is 4.68. The Bertz CT molecular complexity index is 615. The summed E-state index contributed by atoms with van der Waals surface area (Å²) in [5, 5.41) is 3.61. The molecule has 2 aliphatic rings. The van der Waals surface area contributed by atoms with Crippen LogP contribution in [0.25, 0.3) is 6.08 Å². The zero-order valence-corrected chi connectivity index (χ0v) is 13.3. The molecule has 1 heterocycles. The summed E-state index contributed by atoms with van der Waals surface area (Å²) in [6, 6.07) is 10.3. The summed E-state index contributed by atoms with van der Waals surface area (Å²) in [6.45, 7) is 0. The normalized spacial score (nSPS) is 21.8. The number of carbonyl (C=O) groups excluding carboxylic acids is 1. The lowest BCUT2D eigenvalue weighted by atomic mass is 9.94. The van der Waals surface area contributed by atoms with Gasteiger partial charge in [-0.1, -0.05) is 61.7 Å². The topological polar surface area (TPSA) is 32.3 Å². The highest BCUT2D eigenvalue weighted by Gasteiger charge is 2.36. The molecule has 0 atom stereocenters. The van der Waals surface area contributed by atoms with E-state index in [2.05, 4.69) is 5.32 Å². The number of nitrogens with one attached hydrogen (secondary N) is 1. The predicted molar refractivity (Wildman–Crippen MR) is 93.0 cm³/mol. The fourth-order valence-corrected chi connectivity index (χ4v) is 3.40. The lowest BCUT2D eigenvalue weighted by molar-refractivity contribution is -0.124. The summed E-state index contributed by atoms with van der Waals surface area (Å²) in [5.41, 5.74) is 1.68. The van der Waals surface area contributed by atoms with Crippen molar-refractivity contribution in [1.29, 1.82) is 0 Å². The van der Waals surface area contributed by atoms with Gasteiger partial charge in [0.25, 0.3) is 5.91 Å². The zero-order chi connectivity index (χ0) is 15.4. The molecule has 0 bridgehead atoms. The van der Waals surface area contributed by atoms with Gasteiger partial charge in [-0.15, -0.1) is 0 Å². The summed E-state index contributed by atoms with van der Waals surface area (Å²) >= 11 is 5.35. The van der Waals surface area contributed by atoms with Gasteiger partial charge in [-0.25, -0.2) is 0 Å². The number of amides is 1. The van der Waals surface area contributed by atoms with Crippen LogP contribution in [0, 0.1) is 0 Å². The maximum Gasteiger partial charge on any atom is 0.276 e. The smallest absolute Gasteiger partial charge is 0.276 e. The van der Waals surface area contributed by atoms with Gasteiger partial charge in [-0.05, 0) is 36.7 Å². The third-order valence-corrected chi connectivity index (χ3v) is 4.50. The Hall–Kier alpha value is -1.94. The molecule has 0 radical (unpaired) electrons. The van der Waals surface area contributed by atoms with Crippen molar-refractivity contribution in [2.45, 2.75) is 38.1 Å². The number of benzene rings is 1. The first-order valence-corrected chi connectivity index (χ1v) is 8.24. The Balaban J connectivity index is 1.70. The molecule has 0 unspecified atom stereocenters. The van der Waals surface area contributed by atoms with Gasteiger partial charge in [0.15, 0.2) is 5.11 Å². The van der Waals surface area contributed by atoms with Gasteiger partial charge in [-0.3, -0.25) is 9.69 Å². The van der Waals surface area contributed by atoms with Crippen molar-refractivity contribution in [3.63, 3.8) is 0 Å². The summed E-state index contributed by atoms with van der Waals surface area (Å²) < 4.78 is 0. The van der Waals surface area contributed by atoms with E-state index < -0.39 is 0 Å². The molecule has 1 aliphatic carbocycles. The fraction of sp³-hybridized carbons (Fsp3) is 0.333. The maximum atomic E-state index is 12.5. The van der Waals surface area contributed by atoms with E-state index in [4.69, 9.17) is 12.2 Å². The van der Waals surface area contributed by atoms with Gasteiger partial charge < -0.3 is 5.32 Å². The minimum absolute atomic E-state index is 0.00890. The summed E-state index contributed by atoms with van der Waals surface area (Å²) in [5.74, 6) is 0.00890. The number of hydrogen-bond acceptors (Lipinski definition) is 2. The highest BCUT2D eigenvalue weighted by Crippen LogP contribution is 2.26. The molecule has 1 aliphatic heterocycles. The number of rotatable bonds is 3. The number of nitrogens with zero attached hydrogens (tertiary/aromatic N) is 1. The van der Waals surface area contributed by atoms with Crippen LogP contribution < -0.4 is 5.32 Å². The van der Waals surface area contributed by atoms with Gasteiger partial charge in [0.05, 0.1) is 0 Å². The maximum absolute atomic E-state index is 12.5. The quantitative estimate of drug-likeness (QED) is 0.683. The Morgan fingerprint density at radius 3 is 2.59 bits per heavy atom. The van der Waals surface area contributed by atoms with E-state index >= 15 is 0 Å². The van der Waals surface area contributed by atoms with E-state index in [1.807, 2.05) is 48.6 Å². The summed E-state index contributed by atoms with van der Waals surface area (Å²) in [6.07, 6.45) is 11.4. The van der Waals surface area contributed by atoms with Crippen molar-refractivity contribution in [2.24, 2.45) is 0 Å². The molecule has 3 nitrogen and oxygen atoms in total. The number of allylic oxidation sites excluding steroid dienone is 2. The Labute approximate surface area is 136 Å². The molecule has 1 aromatic rings. The number of carbonyl (C=O) groups is 1. The van der Waals surface area contributed by atoms with Gasteiger partial charge >= 0.3 is 0 Å². The first kappa shape index (κ1) is 15.0. The molecule has 22 heavy (non-hydrogen) atoms. The van der Waals surface area contributed by atoms with E-state index in [1.165, 1.54) is 19.3 Å². The molecule has 0 spiro atoms. The van der Waals surface area contributed by atoms with Crippen molar-refractivity contribution >= 4 is 29.3 Å². The standard InChI is InChI=1S/C18H20N2OS/c21-17-16(13-7-10-14-8-3-1-4-9-14)19-18(22)20(17)15-11-5-2-6-12-15/h1,3-4,7-10,13,15H,2,5-6,11-12H2,(H,19,22)/b10-7+,16-13-. The van der Waals surface area contributed by atoms with Crippen LogP contribution >= 0.6 is 12.2 Å². The Morgan fingerprint density at radius 2 is 1.86 bits per heavy atom. The van der Waals surface area contributed by atoms with E-state index in [-0.39, 0.29) is 11.9 Å². The first-order valence-electron chi connectivity index (χ1n) is 7.83. The third-order valence-electron chi connectivity index (χ3n) is 4.20. The monoisotopic (exact) mass is 312 g/mol. The zero-order valence-electron chi connectivity index (χ0n) is 12.5. The van der Waals surface area contributed by atoms with Crippen LogP contribution in [0.5, 0.6) is 0 Å². The fourth-order valence-electron chi connectivity index (χ4n) is 3.05. The highest BCUT2D eigenvalue weighted by molar-refractivity contribution is 7.80. The molecule has 4 heteroatoms. The molecular formula is C18H20N2OS. The number of thiocarbonyl (C=S) groups is 1. The van der Waals surface area contributed by atoms with Crippen LogP contribution in [0.2, 0.25) is 0 Å². The second-order valence-corrected chi connectivity index (χ2v) is 6.13. The van der Waals surface area contributed by atoms with Crippen molar-refractivity contribution in [2.75, 3.05) is 0 Å². The van der Waals surface area contributed by atoms with Crippen molar-refractivity contribution < 1.29 is 4.79 Å². The van der Waals surface area contributed by atoms with Gasteiger partial charge in [0.1, 0.15) is 5.70 Å². The number of hydrogen-bond donors (Lipinski definition) is 1. The minimum atomic E-state index is 0.00890. The SMILES string of the molecule is O=C1/C(=C/C=C/c2ccccc2)NC(=S)N1C1CCCCC1. The predicted octanol–water partition coefficient (Wildman–Crippen LogP) is 3.63. The van der Waals surface area contributed by atoms with E-state index in [0.29, 0.717) is 10.8 Å². The Morgan fingerprint density at radius 1 is 1.14 bits per heavy atom. The highest BCUT2D eigenvalue weighted by atomic mass is 32.1. The molecule has 1 saturated heterocycles. The van der Waals surface area contributed by atoms with Crippen LogP contribution in [0.15, 0.2) is 48.2 Å². The molecule has 1 aromatic carbocycles. The first-order chi connectivity index (χ1) is 10.8. The van der Waals surface area contributed by atoms with E-state index in [1.54, 1.807) is 4.90 Å². The van der Waals surface area contributed by atoms with Crippen LogP contribution in [0.4, 0.5) is 0 Å². The van der Waals surface area contributed by atoms with Crippen LogP contribution in [0.1, 0.15) is 37.7 Å². The third kappa shape index (κ3) is 3.28. The van der Waals surface area contributed by atoms with Crippen molar-refractivity contribution in [1.82, 2.24) is 10.2 Å². The van der Waals surface area contributed by atoms with Crippen LogP contribution in [-0.2, 0) is 4.79 Å². The lowest BCUT2D eigenvalue weighted by Gasteiger charge is -2.29. The molecular weight excluding hydrogens is 292 g/mol. The average Bonchev–Trinajstić information content (AvgIpc) is 2.83. The largest absolute Gasteiger partial charge is 0.328 e. The second kappa shape index (κ2) is 6.88. The molecule has 1 saturated carbocycles. The van der Waals surface area contributed by atoms with Gasteiger partial charge in [0.2, 0.25) is 0 Å². The summed E-state index contributed by atoms with van der Waals surface area (Å²) in [4.78, 5) is 14.3. The molecule has 1 amide bonds. The molecule has 2 fully saturated rings. The van der Waals surface area contributed by atoms with Crippen LogP contribution in [0.3, 0.4) is 0 Å². The molecule has 1 N–H and O–H groups in total.